The van der Waals surface area contributed by atoms with E-state index in [4.69, 9.17) is 5.73 Å². The van der Waals surface area contributed by atoms with Crippen molar-refractivity contribution < 1.29 is 4.79 Å². The summed E-state index contributed by atoms with van der Waals surface area (Å²) >= 11 is 0. The normalized spacial score (nSPS) is 24.0. The highest BCUT2D eigenvalue weighted by atomic mass is 16.2. The monoisotopic (exact) mass is 235 g/mol. The van der Waals surface area contributed by atoms with Gasteiger partial charge in [-0.3, -0.25) is 9.59 Å². The molecule has 1 amide bonds. The number of pyridine rings is 1. The molecule has 2 atom stereocenters. The van der Waals surface area contributed by atoms with Gasteiger partial charge in [0.15, 0.2) is 0 Å². The van der Waals surface area contributed by atoms with Crippen LogP contribution < -0.4 is 11.3 Å². The van der Waals surface area contributed by atoms with Gasteiger partial charge in [-0.05, 0) is 18.4 Å². The molecule has 1 aliphatic rings. The second-order valence-corrected chi connectivity index (χ2v) is 4.50. The minimum absolute atomic E-state index is 0.0752. The fraction of sp³-hybridized carbons (Fsp3) is 0.500. The average Bonchev–Trinajstić information content (AvgIpc) is 2.69. The first-order chi connectivity index (χ1) is 8.13. The lowest BCUT2D eigenvalue weighted by molar-refractivity contribution is 0.0721. The maximum Gasteiger partial charge on any atom is 0.270 e. The third-order valence-corrected chi connectivity index (χ3v) is 3.38. The van der Waals surface area contributed by atoms with Crippen molar-refractivity contribution in [3.05, 3.63) is 34.2 Å². The van der Waals surface area contributed by atoms with Gasteiger partial charge in [0.1, 0.15) is 5.69 Å². The van der Waals surface area contributed by atoms with Gasteiger partial charge in [0.25, 0.3) is 5.91 Å². The van der Waals surface area contributed by atoms with Gasteiger partial charge in [0.05, 0.1) is 0 Å². The van der Waals surface area contributed by atoms with Crippen LogP contribution in [-0.4, -0.2) is 34.9 Å². The maximum absolute atomic E-state index is 12.2. The summed E-state index contributed by atoms with van der Waals surface area (Å²) in [6.45, 7) is 3.27. The van der Waals surface area contributed by atoms with Crippen LogP contribution in [0.2, 0.25) is 0 Å². The molecule has 0 saturated carbocycles. The van der Waals surface area contributed by atoms with E-state index >= 15 is 0 Å². The number of likely N-dealkylation sites (tertiary alicyclic amines) is 1. The number of amides is 1. The summed E-state index contributed by atoms with van der Waals surface area (Å²) in [5.41, 5.74) is 5.78. The smallest absolute Gasteiger partial charge is 0.270 e. The lowest BCUT2D eigenvalue weighted by Gasteiger charge is -2.25. The quantitative estimate of drug-likeness (QED) is 0.767. The maximum atomic E-state index is 12.2. The van der Waals surface area contributed by atoms with Crippen LogP contribution in [0.3, 0.4) is 0 Å². The minimum Gasteiger partial charge on any atom is -0.333 e. The van der Waals surface area contributed by atoms with E-state index in [1.54, 1.807) is 17.0 Å². The highest BCUT2D eigenvalue weighted by Gasteiger charge is 2.33. The number of aromatic amines is 1. The molecular formula is C12H17N3O2. The van der Waals surface area contributed by atoms with Gasteiger partial charge in [0, 0.05) is 25.2 Å². The summed E-state index contributed by atoms with van der Waals surface area (Å²) in [4.78, 5) is 27.7. The van der Waals surface area contributed by atoms with Crippen LogP contribution >= 0.6 is 0 Å². The molecule has 2 unspecified atom stereocenters. The second-order valence-electron chi connectivity index (χ2n) is 4.50. The predicted octanol–water partition coefficient (Wildman–Crippen LogP) is 0.184. The lowest BCUT2D eigenvalue weighted by atomic mass is 10.0. The van der Waals surface area contributed by atoms with E-state index < -0.39 is 0 Å². The Labute approximate surface area is 99.6 Å². The summed E-state index contributed by atoms with van der Waals surface area (Å²) < 4.78 is 0. The Hall–Kier alpha value is -1.62. The summed E-state index contributed by atoms with van der Waals surface area (Å²) in [6.07, 6.45) is 0.963. The number of hydrogen-bond acceptors (Lipinski definition) is 3. The molecule has 0 bridgehead atoms. The Morgan fingerprint density at radius 2 is 2.35 bits per heavy atom. The minimum atomic E-state index is -0.257. The molecule has 5 nitrogen and oxygen atoms in total. The average molecular weight is 235 g/mol. The Balaban J connectivity index is 2.23. The van der Waals surface area contributed by atoms with Gasteiger partial charge in [-0.15, -0.1) is 0 Å². The van der Waals surface area contributed by atoms with Crippen molar-refractivity contribution in [2.24, 2.45) is 11.7 Å². The summed E-state index contributed by atoms with van der Waals surface area (Å²) in [7, 11) is 0. The Kier molecular flexibility index (Phi) is 3.28. The van der Waals surface area contributed by atoms with E-state index in [-0.39, 0.29) is 17.5 Å². The van der Waals surface area contributed by atoms with Gasteiger partial charge in [-0.2, -0.15) is 0 Å². The van der Waals surface area contributed by atoms with Gasteiger partial charge >= 0.3 is 0 Å². The summed E-state index contributed by atoms with van der Waals surface area (Å²) in [5.74, 6) is 0.280. The van der Waals surface area contributed by atoms with Gasteiger partial charge in [-0.25, -0.2) is 0 Å². The summed E-state index contributed by atoms with van der Waals surface area (Å²) in [5, 5.41) is 0. The molecule has 1 aromatic rings. The first-order valence-electron chi connectivity index (χ1n) is 5.84. The fourth-order valence-electron chi connectivity index (χ4n) is 2.35. The van der Waals surface area contributed by atoms with Crippen LogP contribution in [0.5, 0.6) is 0 Å². The second kappa shape index (κ2) is 4.71. The molecule has 3 N–H and O–H groups in total. The van der Waals surface area contributed by atoms with Gasteiger partial charge in [-0.1, -0.05) is 13.0 Å². The van der Waals surface area contributed by atoms with Crippen molar-refractivity contribution >= 4 is 5.91 Å². The van der Waals surface area contributed by atoms with E-state index in [1.807, 2.05) is 0 Å². The van der Waals surface area contributed by atoms with Crippen LogP contribution in [-0.2, 0) is 0 Å². The van der Waals surface area contributed by atoms with Crippen LogP contribution in [0.4, 0.5) is 0 Å². The fourth-order valence-corrected chi connectivity index (χ4v) is 2.35. The molecule has 1 aliphatic heterocycles. The van der Waals surface area contributed by atoms with Crippen molar-refractivity contribution in [3.8, 4) is 0 Å². The van der Waals surface area contributed by atoms with E-state index in [9.17, 15) is 9.59 Å². The zero-order valence-electron chi connectivity index (χ0n) is 9.85. The molecule has 0 radical (unpaired) electrons. The molecule has 2 rings (SSSR count). The number of hydrogen-bond donors (Lipinski definition) is 2. The molecule has 0 spiro atoms. The Bertz CT molecular complexity index is 469. The number of aromatic nitrogens is 1. The van der Waals surface area contributed by atoms with Crippen LogP contribution in [0, 0.1) is 5.92 Å². The molecule has 0 aliphatic carbocycles. The van der Waals surface area contributed by atoms with E-state index in [0.717, 1.165) is 6.42 Å². The first kappa shape index (κ1) is 11.9. The van der Waals surface area contributed by atoms with E-state index in [2.05, 4.69) is 11.9 Å². The molecular weight excluding hydrogens is 218 g/mol. The zero-order chi connectivity index (χ0) is 12.4. The van der Waals surface area contributed by atoms with Crippen molar-refractivity contribution in [1.29, 1.82) is 0 Å². The van der Waals surface area contributed by atoms with Gasteiger partial charge in [0.2, 0.25) is 5.56 Å². The first-order valence-corrected chi connectivity index (χ1v) is 5.84. The number of rotatable bonds is 2. The van der Waals surface area contributed by atoms with E-state index in [0.29, 0.717) is 24.7 Å². The number of H-pyrrole nitrogens is 1. The lowest BCUT2D eigenvalue weighted by Crippen LogP contribution is -2.42. The highest BCUT2D eigenvalue weighted by molar-refractivity contribution is 5.92. The predicted molar refractivity (Wildman–Crippen MR) is 64.7 cm³/mol. The molecule has 92 valence electrons. The Morgan fingerprint density at radius 3 is 3.00 bits per heavy atom. The zero-order valence-corrected chi connectivity index (χ0v) is 9.85. The van der Waals surface area contributed by atoms with Gasteiger partial charge < -0.3 is 15.6 Å². The number of carbonyl (C=O) groups is 1. The molecule has 1 saturated heterocycles. The molecule has 0 aromatic carbocycles. The van der Waals surface area contributed by atoms with Crippen molar-refractivity contribution in [2.75, 3.05) is 13.1 Å². The van der Waals surface area contributed by atoms with Crippen LogP contribution in [0.1, 0.15) is 23.8 Å². The molecule has 1 aromatic heterocycles. The standard InChI is InChI=1S/C12H17N3O2/c1-8-5-6-15(10(8)7-13)12(17)9-3-2-4-11(16)14-9/h2-4,8,10H,5-7,13H2,1H3,(H,14,16). The molecule has 1 fully saturated rings. The highest BCUT2D eigenvalue weighted by Crippen LogP contribution is 2.24. The number of carbonyl (C=O) groups excluding carboxylic acids is 1. The third-order valence-electron chi connectivity index (χ3n) is 3.38. The summed E-state index contributed by atoms with van der Waals surface area (Å²) in [6, 6.07) is 4.68. The topological polar surface area (TPSA) is 79.2 Å². The molecule has 5 heteroatoms. The van der Waals surface area contributed by atoms with Crippen molar-refractivity contribution in [3.63, 3.8) is 0 Å². The van der Waals surface area contributed by atoms with Crippen molar-refractivity contribution in [1.82, 2.24) is 9.88 Å². The molecule has 17 heavy (non-hydrogen) atoms. The van der Waals surface area contributed by atoms with E-state index in [1.165, 1.54) is 6.07 Å². The van der Waals surface area contributed by atoms with Crippen LogP contribution in [0.25, 0.3) is 0 Å². The van der Waals surface area contributed by atoms with Crippen LogP contribution in [0.15, 0.2) is 23.0 Å². The number of nitrogens with zero attached hydrogens (tertiary/aromatic N) is 1. The Morgan fingerprint density at radius 1 is 1.59 bits per heavy atom. The number of nitrogens with two attached hydrogens (primary N) is 1. The third kappa shape index (κ3) is 2.24. The SMILES string of the molecule is CC1CCN(C(=O)c2cccc(=O)[nH]2)C1CN. The van der Waals surface area contributed by atoms with Crippen molar-refractivity contribution in [2.45, 2.75) is 19.4 Å². The molecule has 2 heterocycles. The number of nitrogens with one attached hydrogen (secondary N) is 1. The largest absolute Gasteiger partial charge is 0.333 e.